The van der Waals surface area contributed by atoms with Crippen LogP contribution in [0.3, 0.4) is 0 Å². The number of anilines is 1. The van der Waals surface area contributed by atoms with Gasteiger partial charge in [0.15, 0.2) is 0 Å². The van der Waals surface area contributed by atoms with Crippen LogP contribution in [0.25, 0.3) is 10.2 Å². The number of carbonyl (C=O) groups excluding carboxylic acids is 2. The number of hydrogen-bond acceptors (Lipinski definition) is 6. The van der Waals surface area contributed by atoms with E-state index in [0.29, 0.717) is 32.8 Å². The average molecular weight is 429 g/mol. The van der Waals surface area contributed by atoms with Crippen molar-refractivity contribution in [2.45, 2.75) is 40.2 Å². The summed E-state index contributed by atoms with van der Waals surface area (Å²) in [4.78, 5) is 52.8. The lowest BCUT2D eigenvalue weighted by atomic mass is 10.1. The van der Waals surface area contributed by atoms with E-state index in [9.17, 15) is 19.2 Å². The summed E-state index contributed by atoms with van der Waals surface area (Å²) in [7, 11) is 1.28. The Morgan fingerprint density at radius 2 is 1.93 bits per heavy atom. The Morgan fingerprint density at radius 1 is 1.20 bits per heavy atom. The third kappa shape index (κ3) is 4.20. The number of nitrogens with zero attached hydrogens (tertiary/aromatic N) is 1. The van der Waals surface area contributed by atoms with Crippen LogP contribution in [0.2, 0.25) is 0 Å². The van der Waals surface area contributed by atoms with Crippen molar-refractivity contribution in [3.8, 4) is 0 Å². The van der Waals surface area contributed by atoms with Crippen LogP contribution in [-0.4, -0.2) is 28.5 Å². The first kappa shape index (κ1) is 21.5. The summed E-state index contributed by atoms with van der Waals surface area (Å²) in [6.45, 7) is 5.65. The number of esters is 1. The lowest BCUT2D eigenvalue weighted by Crippen LogP contribution is -2.35. The van der Waals surface area contributed by atoms with E-state index in [1.165, 1.54) is 7.11 Å². The second-order valence-electron chi connectivity index (χ2n) is 7.10. The van der Waals surface area contributed by atoms with Gasteiger partial charge in [0.1, 0.15) is 4.83 Å². The van der Waals surface area contributed by atoms with E-state index in [1.807, 2.05) is 32.0 Å². The van der Waals surface area contributed by atoms with E-state index in [0.717, 1.165) is 27.0 Å². The average Bonchev–Trinajstić information content (AvgIpc) is 3.02. The lowest BCUT2D eigenvalue weighted by molar-refractivity contribution is -0.140. The molecule has 158 valence electrons. The van der Waals surface area contributed by atoms with E-state index in [-0.39, 0.29) is 18.9 Å². The number of aromatic amines is 1. The van der Waals surface area contributed by atoms with Crippen LogP contribution in [0, 0.1) is 20.8 Å². The van der Waals surface area contributed by atoms with Crippen molar-refractivity contribution < 1.29 is 14.3 Å². The number of carbonyl (C=O) groups is 2. The summed E-state index contributed by atoms with van der Waals surface area (Å²) in [5.74, 6) is -0.740. The summed E-state index contributed by atoms with van der Waals surface area (Å²) >= 11 is 1.07. The zero-order valence-corrected chi connectivity index (χ0v) is 18.1. The van der Waals surface area contributed by atoms with E-state index in [4.69, 9.17) is 0 Å². The highest BCUT2D eigenvalue weighted by atomic mass is 32.1. The third-order valence-corrected chi connectivity index (χ3v) is 6.10. The number of aromatic nitrogens is 2. The van der Waals surface area contributed by atoms with Gasteiger partial charge in [0.2, 0.25) is 0 Å². The predicted molar refractivity (Wildman–Crippen MR) is 117 cm³/mol. The number of thiophene rings is 1. The number of benzene rings is 1. The second-order valence-corrected chi connectivity index (χ2v) is 8.12. The van der Waals surface area contributed by atoms with Gasteiger partial charge in [-0.3, -0.25) is 23.9 Å². The number of aryl methyl sites for hydroxylation is 3. The molecule has 2 aromatic heterocycles. The summed E-state index contributed by atoms with van der Waals surface area (Å²) in [5, 5.41) is 3.19. The number of ether oxygens (including phenoxy) is 1. The molecule has 0 spiro atoms. The molecule has 0 saturated heterocycles. The first-order valence-electron chi connectivity index (χ1n) is 9.44. The van der Waals surface area contributed by atoms with Crippen LogP contribution >= 0.6 is 11.3 Å². The lowest BCUT2D eigenvalue weighted by Gasteiger charge is -2.08. The second kappa shape index (κ2) is 8.66. The molecule has 0 radical (unpaired) electrons. The molecule has 8 nitrogen and oxygen atoms in total. The van der Waals surface area contributed by atoms with Crippen molar-refractivity contribution in [1.29, 1.82) is 0 Å². The SMILES string of the molecule is COC(=O)CCCn1c(=O)[nH]c2sc(C(=O)Nc3ccc(C)cc3C)c(C)c2c1=O. The molecule has 0 aliphatic carbocycles. The third-order valence-electron chi connectivity index (χ3n) is 4.90. The van der Waals surface area contributed by atoms with E-state index in [1.54, 1.807) is 6.92 Å². The zero-order valence-electron chi connectivity index (χ0n) is 17.3. The first-order chi connectivity index (χ1) is 14.2. The molecule has 1 aromatic carbocycles. The summed E-state index contributed by atoms with van der Waals surface area (Å²) in [6.07, 6.45) is 0.400. The molecule has 3 rings (SSSR count). The minimum Gasteiger partial charge on any atom is -0.469 e. The molecule has 0 bridgehead atoms. The maximum absolute atomic E-state index is 12.9. The maximum atomic E-state index is 12.9. The number of H-pyrrole nitrogens is 1. The quantitative estimate of drug-likeness (QED) is 0.586. The van der Waals surface area contributed by atoms with Crippen molar-refractivity contribution in [2.24, 2.45) is 0 Å². The molecule has 0 aliphatic rings. The Hall–Kier alpha value is -3.20. The monoisotopic (exact) mass is 429 g/mol. The van der Waals surface area contributed by atoms with Crippen molar-refractivity contribution in [3.05, 3.63) is 60.6 Å². The van der Waals surface area contributed by atoms with Crippen molar-refractivity contribution in [3.63, 3.8) is 0 Å². The Labute approximate surface area is 176 Å². The fourth-order valence-corrected chi connectivity index (χ4v) is 4.37. The highest BCUT2D eigenvalue weighted by molar-refractivity contribution is 7.20. The first-order valence-corrected chi connectivity index (χ1v) is 10.3. The standard InChI is InChI=1S/C21H23N3O5S/c1-11-7-8-14(12(2)10-11)22-18(26)17-13(3)16-19(30-17)23-21(28)24(20(16)27)9-5-6-15(25)29-4/h7-8,10H,5-6,9H2,1-4H3,(H,22,26)(H,23,28). The van der Waals surface area contributed by atoms with Gasteiger partial charge in [-0.05, 0) is 44.4 Å². The zero-order chi connectivity index (χ0) is 22.0. The number of amides is 1. The van der Waals surface area contributed by atoms with Gasteiger partial charge in [-0.2, -0.15) is 0 Å². The molecule has 0 saturated carbocycles. The molecule has 0 fully saturated rings. The van der Waals surface area contributed by atoms with Gasteiger partial charge in [-0.25, -0.2) is 4.79 Å². The molecular formula is C21H23N3O5S. The number of hydrogen-bond donors (Lipinski definition) is 2. The summed E-state index contributed by atoms with van der Waals surface area (Å²) < 4.78 is 5.63. The van der Waals surface area contributed by atoms with E-state index < -0.39 is 17.2 Å². The predicted octanol–water partition coefficient (Wildman–Crippen LogP) is 2.88. The molecule has 2 heterocycles. The Kier molecular flexibility index (Phi) is 6.21. The van der Waals surface area contributed by atoms with Gasteiger partial charge >= 0.3 is 11.7 Å². The number of methoxy groups -OCH3 is 1. The minimum atomic E-state index is -0.569. The van der Waals surface area contributed by atoms with Crippen LogP contribution < -0.4 is 16.6 Å². The van der Waals surface area contributed by atoms with Crippen LogP contribution in [0.5, 0.6) is 0 Å². The van der Waals surface area contributed by atoms with Gasteiger partial charge in [0, 0.05) is 18.7 Å². The molecule has 0 unspecified atom stereocenters. The fraction of sp³-hybridized carbons (Fsp3) is 0.333. The van der Waals surface area contributed by atoms with Gasteiger partial charge in [0.05, 0.1) is 17.4 Å². The highest BCUT2D eigenvalue weighted by Crippen LogP contribution is 2.27. The molecule has 0 aliphatic heterocycles. The molecular weight excluding hydrogens is 406 g/mol. The van der Waals surface area contributed by atoms with Crippen LogP contribution in [0.1, 0.15) is 39.2 Å². The Balaban J connectivity index is 1.94. The highest BCUT2D eigenvalue weighted by Gasteiger charge is 2.21. The van der Waals surface area contributed by atoms with Crippen LogP contribution in [0.15, 0.2) is 27.8 Å². The van der Waals surface area contributed by atoms with Gasteiger partial charge in [0.25, 0.3) is 11.5 Å². The molecule has 2 N–H and O–H groups in total. The van der Waals surface area contributed by atoms with Crippen molar-refractivity contribution in [1.82, 2.24) is 9.55 Å². The summed E-state index contributed by atoms with van der Waals surface area (Å²) in [6, 6.07) is 5.71. The van der Waals surface area contributed by atoms with Crippen molar-refractivity contribution >= 4 is 39.1 Å². The van der Waals surface area contributed by atoms with Gasteiger partial charge < -0.3 is 10.1 Å². The Morgan fingerprint density at radius 3 is 2.60 bits per heavy atom. The van der Waals surface area contributed by atoms with Crippen molar-refractivity contribution in [2.75, 3.05) is 12.4 Å². The van der Waals surface area contributed by atoms with Gasteiger partial charge in [-0.15, -0.1) is 11.3 Å². The number of fused-ring (bicyclic) bond motifs is 1. The topological polar surface area (TPSA) is 110 Å². The number of nitrogens with one attached hydrogen (secondary N) is 2. The van der Waals surface area contributed by atoms with Crippen LogP contribution in [-0.2, 0) is 16.1 Å². The fourth-order valence-electron chi connectivity index (χ4n) is 3.29. The molecule has 1 amide bonds. The molecule has 30 heavy (non-hydrogen) atoms. The minimum absolute atomic E-state index is 0.0819. The largest absolute Gasteiger partial charge is 0.469 e. The van der Waals surface area contributed by atoms with Crippen LogP contribution in [0.4, 0.5) is 5.69 Å². The Bertz CT molecular complexity index is 1250. The molecule has 9 heteroatoms. The van der Waals surface area contributed by atoms with E-state index in [2.05, 4.69) is 15.0 Å². The van der Waals surface area contributed by atoms with Gasteiger partial charge in [-0.1, -0.05) is 17.7 Å². The number of rotatable bonds is 6. The van der Waals surface area contributed by atoms with E-state index >= 15 is 0 Å². The smallest absolute Gasteiger partial charge is 0.329 e. The molecule has 0 atom stereocenters. The normalized spacial score (nSPS) is 10.9. The molecule has 3 aromatic rings. The summed E-state index contributed by atoms with van der Waals surface area (Å²) in [5.41, 5.74) is 2.19. The maximum Gasteiger partial charge on any atom is 0.329 e.